The van der Waals surface area contributed by atoms with E-state index in [2.05, 4.69) is 0 Å². The lowest BCUT2D eigenvalue weighted by Gasteiger charge is -2.18. The molecular weight excluding hydrogens is 486 g/mol. The van der Waals surface area contributed by atoms with Crippen molar-refractivity contribution in [2.45, 2.75) is 26.5 Å². The van der Waals surface area contributed by atoms with Crippen molar-refractivity contribution in [3.63, 3.8) is 0 Å². The summed E-state index contributed by atoms with van der Waals surface area (Å²) in [5.74, 6) is 0.715. The van der Waals surface area contributed by atoms with Gasteiger partial charge in [0.1, 0.15) is 16.7 Å². The van der Waals surface area contributed by atoms with E-state index in [1.54, 1.807) is 4.90 Å². The molecule has 0 saturated carbocycles. The molecule has 0 unspecified atom stereocenters. The van der Waals surface area contributed by atoms with Gasteiger partial charge in [-0.2, -0.15) is 5.10 Å². The summed E-state index contributed by atoms with van der Waals surface area (Å²) in [5, 5.41) is 4.88. The highest BCUT2D eigenvalue weighted by Crippen LogP contribution is 2.36. The van der Waals surface area contributed by atoms with Crippen LogP contribution in [0, 0.1) is 0 Å². The summed E-state index contributed by atoms with van der Waals surface area (Å²) in [6, 6.07) is 27.9. The number of hydrogen-bond donors (Lipinski definition) is 0. The Bertz CT molecular complexity index is 1410. The number of para-hydroxylation sites is 1. The molecule has 1 aliphatic rings. The van der Waals surface area contributed by atoms with E-state index in [1.807, 2.05) is 116 Å². The first-order valence-corrected chi connectivity index (χ1v) is 12.9. The molecule has 36 heavy (non-hydrogen) atoms. The zero-order valence-corrected chi connectivity index (χ0v) is 21.6. The van der Waals surface area contributed by atoms with Gasteiger partial charge in [0.25, 0.3) is 5.91 Å². The molecule has 3 aromatic carbocycles. The predicted molar refractivity (Wildman–Crippen MR) is 150 cm³/mol. The molecule has 5 nitrogen and oxygen atoms in total. The lowest BCUT2D eigenvalue weighted by Crippen LogP contribution is -2.34. The van der Waals surface area contributed by atoms with Crippen molar-refractivity contribution in [2.24, 2.45) is 0 Å². The fraction of sp³-hybridized carbons (Fsp3) is 0.138. The number of amides is 1. The molecule has 1 amide bonds. The lowest BCUT2D eigenvalue weighted by atomic mass is 10.1. The Morgan fingerprint density at radius 3 is 2.28 bits per heavy atom. The van der Waals surface area contributed by atoms with Crippen molar-refractivity contribution < 1.29 is 9.53 Å². The topological polar surface area (TPSA) is 47.4 Å². The van der Waals surface area contributed by atoms with Crippen molar-refractivity contribution in [2.75, 3.05) is 0 Å². The number of nitrogens with zero attached hydrogens (tertiary/aromatic N) is 3. The number of ether oxygens (including phenoxy) is 1. The Balaban J connectivity index is 1.47. The maximum absolute atomic E-state index is 13.0. The van der Waals surface area contributed by atoms with Crippen molar-refractivity contribution in [1.29, 1.82) is 0 Å². The van der Waals surface area contributed by atoms with Gasteiger partial charge in [0.2, 0.25) is 0 Å². The predicted octanol–water partition coefficient (Wildman–Crippen LogP) is 6.73. The van der Waals surface area contributed by atoms with Crippen LogP contribution in [0.1, 0.15) is 25.0 Å². The quantitative estimate of drug-likeness (QED) is 0.203. The van der Waals surface area contributed by atoms with E-state index < -0.39 is 0 Å². The molecule has 1 aliphatic heterocycles. The van der Waals surface area contributed by atoms with Crippen LogP contribution in [-0.4, -0.2) is 30.9 Å². The Kier molecular flexibility index (Phi) is 7.02. The number of benzene rings is 3. The van der Waals surface area contributed by atoms with E-state index in [0.29, 0.717) is 15.8 Å². The third-order valence-electron chi connectivity index (χ3n) is 5.77. The molecule has 1 saturated heterocycles. The molecular formula is C29H25N3O2S2. The molecule has 0 aliphatic carbocycles. The van der Waals surface area contributed by atoms with Crippen LogP contribution in [0.5, 0.6) is 5.75 Å². The average Bonchev–Trinajstić information content (AvgIpc) is 3.44. The van der Waals surface area contributed by atoms with Crippen LogP contribution >= 0.6 is 24.0 Å². The smallest absolute Gasteiger partial charge is 0.266 e. The molecule has 7 heteroatoms. The molecule has 0 bridgehead atoms. The zero-order valence-electron chi connectivity index (χ0n) is 20.0. The normalized spacial score (nSPS) is 14.8. The zero-order chi connectivity index (χ0) is 25.1. The molecule has 2 heterocycles. The fourth-order valence-corrected chi connectivity index (χ4v) is 5.46. The summed E-state index contributed by atoms with van der Waals surface area (Å²) >= 11 is 6.79. The van der Waals surface area contributed by atoms with Crippen molar-refractivity contribution in [3.8, 4) is 22.7 Å². The van der Waals surface area contributed by atoms with Crippen molar-refractivity contribution in [1.82, 2.24) is 14.7 Å². The number of aromatic nitrogens is 2. The summed E-state index contributed by atoms with van der Waals surface area (Å²) in [5.41, 5.74) is 4.62. The van der Waals surface area contributed by atoms with Crippen molar-refractivity contribution in [3.05, 3.63) is 107 Å². The van der Waals surface area contributed by atoms with Gasteiger partial charge in [-0.25, -0.2) is 4.68 Å². The molecule has 1 aromatic heterocycles. The first-order valence-electron chi connectivity index (χ1n) is 11.7. The third-order valence-corrected chi connectivity index (χ3v) is 7.10. The second-order valence-corrected chi connectivity index (χ2v) is 10.3. The van der Waals surface area contributed by atoms with Crippen LogP contribution < -0.4 is 4.74 Å². The van der Waals surface area contributed by atoms with E-state index in [-0.39, 0.29) is 11.9 Å². The van der Waals surface area contributed by atoms with Gasteiger partial charge < -0.3 is 4.74 Å². The van der Waals surface area contributed by atoms with Crippen LogP contribution in [0.3, 0.4) is 0 Å². The standard InChI is InChI=1S/C29H25N3O2S2/c1-20(2)32-28(33)26(36-29(32)35)17-23-18-31(24-11-7-4-8-12-24)30-27(23)22-13-15-25(16-14-22)34-19-21-9-5-3-6-10-21/h3-18,20H,19H2,1-2H3. The molecule has 4 aromatic rings. The molecule has 1 fully saturated rings. The number of hydrogen-bond acceptors (Lipinski definition) is 5. The van der Waals surface area contributed by atoms with Gasteiger partial charge in [-0.1, -0.05) is 72.5 Å². The monoisotopic (exact) mass is 511 g/mol. The molecule has 0 N–H and O–H groups in total. The summed E-state index contributed by atoms with van der Waals surface area (Å²) in [7, 11) is 0. The van der Waals surface area contributed by atoms with Gasteiger partial charge in [-0.3, -0.25) is 9.69 Å². The Morgan fingerprint density at radius 1 is 0.972 bits per heavy atom. The second-order valence-electron chi connectivity index (χ2n) is 8.66. The molecule has 0 radical (unpaired) electrons. The van der Waals surface area contributed by atoms with Gasteiger partial charge in [0.15, 0.2) is 0 Å². The van der Waals surface area contributed by atoms with Crippen LogP contribution in [0.4, 0.5) is 0 Å². The second kappa shape index (κ2) is 10.5. The highest BCUT2D eigenvalue weighted by Gasteiger charge is 2.34. The van der Waals surface area contributed by atoms with Crippen LogP contribution in [0.25, 0.3) is 23.0 Å². The van der Waals surface area contributed by atoms with E-state index >= 15 is 0 Å². The van der Waals surface area contributed by atoms with Gasteiger partial charge >= 0.3 is 0 Å². The average molecular weight is 512 g/mol. The Morgan fingerprint density at radius 2 is 1.64 bits per heavy atom. The number of thioether (sulfide) groups is 1. The maximum atomic E-state index is 13.0. The number of thiocarbonyl (C=S) groups is 1. The Hall–Kier alpha value is -3.68. The maximum Gasteiger partial charge on any atom is 0.266 e. The number of carbonyl (C=O) groups excluding carboxylic acids is 1. The number of rotatable bonds is 7. The molecule has 0 spiro atoms. The van der Waals surface area contributed by atoms with Gasteiger partial charge in [-0.05, 0) is 61.9 Å². The van der Waals surface area contributed by atoms with E-state index in [1.165, 1.54) is 11.8 Å². The van der Waals surface area contributed by atoms with E-state index in [4.69, 9.17) is 22.1 Å². The van der Waals surface area contributed by atoms with Crippen LogP contribution in [0.15, 0.2) is 96.0 Å². The van der Waals surface area contributed by atoms with Crippen LogP contribution in [-0.2, 0) is 11.4 Å². The molecule has 180 valence electrons. The molecule has 0 atom stereocenters. The largest absolute Gasteiger partial charge is 0.489 e. The SMILES string of the molecule is CC(C)N1C(=O)C(=Cc2cn(-c3ccccc3)nc2-c2ccc(OCc3ccccc3)cc2)SC1=S. The highest BCUT2D eigenvalue weighted by molar-refractivity contribution is 8.26. The summed E-state index contributed by atoms with van der Waals surface area (Å²) < 4.78 is 8.37. The van der Waals surface area contributed by atoms with Crippen molar-refractivity contribution >= 4 is 40.3 Å². The lowest BCUT2D eigenvalue weighted by molar-refractivity contribution is -0.123. The number of carbonyl (C=O) groups is 1. The van der Waals surface area contributed by atoms with Gasteiger partial charge in [0, 0.05) is 23.4 Å². The van der Waals surface area contributed by atoms with E-state index in [0.717, 1.165) is 33.8 Å². The first-order chi connectivity index (χ1) is 17.5. The third kappa shape index (κ3) is 5.12. The van der Waals surface area contributed by atoms with E-state index in [9.17, 15) is 4.79 Å². The van der Waals surface area contributed by atoms with Gasteiger partial charge in [0.05, 0.1) is 16.3 Å². The summed E-state index contributed by atoms with van der Waals surface area (Å²) in [6.07, 6.45) is 3.84. The Labute approximate surface area is 220 Å². The molecule has 5 rings (SSSR count). The fourth-order valence-electron chi connectivity index (χ4n) is 3.95. The first kappa shape index (κ1) is 24.0. The van der Waals surface area contributed by atoms with Crippen LogP contribution in [0.2, 0.25) is 0 Å². The highest BCUT2D eigenvalue weighted by atomic mass is 32.2. The minimum Gasteiger partial charge on any atom is -0.489 e. The minimum atomic E-state index is -0.0666. The van der Waals surface area contributed by atoms with Gasteiger partial charge in [-0.15, -0.1) is 0 Å². The summed E-state index contributed by atoms with van der Waals surface area (Å²) in [4.78, 5) is 15.3. The minimum absolute atomic E-state index is 0.0124. The summed E-state index contributed by atoms with van der Waals surface area (Å²) in [6.45, 7) is 4.44.